The Hall–Kier alpha value is -2.64. The first kappa shape index (κ1) is 24.5. The van der Waals surface area contributed by atoms with Crippen LogP contribution in [-0.2, 0) is 17.6 Å². The number of hydrogen-bond acceptors (Lipinski definition) is 5. The molecule has 0 spiro atoms. The molecule has 3 aromatic rings. The van der Waals surface area contributed by atoms with Gasteiger partial charge in [0.15, 0.2) is 0 Å². The Morgan fingerprint density at radius 3 is 2.41 bits per heavy atom. The van der Waals surface area contributed by atoms with Crippen LogP contribution < -0.4 is 0 Å². The van der Waals surface area contributed by atoms with E-state index in [1.165, 1.54) is 4.88 Å². The van der Waals surface area contributed by atoms with E-state index >= 15 is 0 Å². The van der Waals surface area contributed by atoms with Crippen LogP contribution in [0.1, 0.15) is 66.2 Å². The molecular formula is C26H30ClN3O3S. The van der Waals surface area contributed by atoms with Crippen molar-refractivity contribution in [1.29, 1.82) is 0 Å². The standard InChI is InChI=1S/C26H30ClN3O3S/c1-26(2,3)33-25(32)29-15-13-18(14-16-29)22-17-20(9-10-21-11-12-23(27)34-21)30(28-22)24(31)19-7-5-4-6-8-19/h4-8,11-12,17-18H,9-10,13-16H2,1-3H3. The Labute approximate surface area is 209 Å². The van der Waals surface area contributed by atoms with E-state index < -0.39 is 5.60 Å². The number of likely N-dealkylation sites (tertiary alicyclic amines) is 1. The fourth-order valence-corrected chi connectivity index (χ4v) is 5.21. The summed E-state index contributed by atoms with van der Waals surface area (Å²) in [4.78, 5) is 28.6. The van der Waals surface area contributed by atoms with Crippen molar-refractivity contribution in [3.05, 3.63) is 74.7 Å². The SMILES string of the molecule is CC(C)(C)OC(=O)N1CCC(c2cc(CCc3ccc(Cl)s3)n(C(=O)c3ccccc3)n2)CC1. The molecule has 0 saturated carbocycles. The lowest BCUT2D eigenvalue weighted by atomic mass is 9.93. The maximum atomic E-state index is 13.3. The van der Waals surface area contributed by atoms with Gasteiger partial charge in [-0.25, -0.2) is 9.48 Å². The molecule has 1 aliphatic heterocycles. The van der Waals surface area contributed by atoms with E-state index in [1.54, 1.807) is 20.9 Å². The van der Waals surface area contributed by atoms with Crippen LogP contribution in [0.25, 0.3) is 0 Å². The number of nitrogens with zero attached hydrogens (tertiary/aromatic N) is 3. The van der Waals surface area contributed by atoms with Crippen molar-refractivity contribution >= 4 is 34.9 Å². The first-order valence-corrected chi connectivity index (χ1v) is 12.8. The molecular weight excluding hydrogens is 470 g/mol. The van der Waals surface area contributed by atoms with Crippen molar-refractivity contribution < 1.29 is 14.3 Å². The molecule has 1 fully saturated rings. The fourth-order valence-electron chi connectivity index (χ4n) is 4.12. The molecule has 180 valence electrons. The summed E-state index contributed by atoms with van der Waals surface area (Å²) < 4.78 is 7.83. The van der Waals surface area contributed by atoms with E-state index in [1.807, 2.05) is 63.2 Å². The molecule has 0 atom stereocenters. The molecule has 2 aromatic heterocycles. The third kappa shape index (κ3) is 6.07. The van der Waals surface area contributed by atoms with Crippen molar-refractivity contribution in [2.24, 2.45) is 0 Å². The number of aromatic nitrogens is 2. The van der Waals surface area contributed by atoms with Crippen LogP contribution in [0.15, 0.2) is 48.5 Å². The predicted molar refractivity (Wildman–Crippen MR) is 135 cm³/mol. The highest BCUT2D eigenvalue weighted by Gasteiger charge is 2.29. The number of halogens is 1. The van der Waals surface area contributed by atoms with Gasteiger partial charge in [0, 0.05) is 35.1 Å². The Morgan fingerprint density at radius 2 is 1.79 bits per heavy atom. The van der Waals surface area contributed by atoms with E-state index in [2.05, 4.69) is 6.07 Å². The van der Waals surface area contributed by atoms with Gasteiger partial charge in [-0.2, -0.15) is 5.10 Å². The summed E-state index contributed by atoms with van der Waals surface area (Å²) in [5.41, 5.74) is 1.90. The Kier molecular flexibility index (Phi) is 7.43. The number of rotatable bonds is 5. The predicted octanol–water partition coefficient (Wildman–Crippen LogP) is 6.19. The number of ether oxygens (including phenoxy) is 1. The van der Waals surface area contributed by atoms with Gasteiger partial charge in [-0.1, -0.05) is 29.8 Å². The lowest BCUT2D eigenvalue weighted by Crippen LogP contribution is -2.41. The summed E-state index contributed by atoms with van der Waals surface area (Å²) in [6.45, 7) is 6.85. The zero-order valence-corrected chi connectivity index (χ0v) is 21.4. The van der Waals surface area contributed by atoms with Gasteiger partial charge in [0.25, 0.3) is 5.91 Å². The second kappa shape index (κ2) is 10.3. The minimum atomic E-state index is -0.508. The zero-order valence-electron chi connectivity index (χ0n) is 19.8. The van der Waals surface area contributed by atoms with Crippen LogP contribution in [0.4, 0.5) is 4.79 Å². The molecule has 6 nitrogen and oxygen atoms in total. The first-order chi connectivity index (χ1) is 16.2. The molecule has 0 unspecified atom stereocenters. The van der Waals surface area contributed by atoms with Crippen molar-refractivity contribution in [3.63, 3.8) is 0 Å². The number of amides is 1. The summed E-state index contributed by atoms with van der Waals surface area (Å²) in [5, 5.41) is 4.77. The third-order valence-corrected chi connectivity index (χ3v) is 7.13. The van der Waals surface area contributed by atoms with E-state index in [9.17, 15) is 9.59 Å². The Bertz CT molecular complexity index is 1140. The highest BCUT2D eigenvalue weighted by atomic mass is 35.5. The number of carbonyl (C=O) groups is 2. The van der Waals surface area contributed by atoms with Gasteiger partial charge in [-0.3, -0.25) is 4.79 Å². The Morgan fingerprint density at radius 1 is 1.09 bits per heavy atom. The second-order valence-electron chi connectivity index (χ2n) is 9.59. The van der Waals surface area contributed by atoms with Gasteiger partial charge in [0.2, 0.25) is 0 Å². The summed E-state index contributed by atoms with van der Waals surface area (Å²) in [6, 6.07) is 15.2. The third-order valence-electron chi connectivity index (χ3n) is 5.84. The van der Waals surface area contributed by atoms with Crippen LogP contribution in [0.3, 0.4) is 0 Å². The van der Waals surface area contributed by atoms with Crippen LogP contribution in [0, 0.1) is 0 Å². The maximum absolute atomic E-state index is 13.3. The van der Waals surface area contributed by atoms with E-state index in [-0.39, 0.29) is 17.9 Å². The minimum absolute atomic E-state index is 0.128. The molecule has 1 amide bonds. The molecule has 1 aromatic carbocycles. The van der Waals surface area contributed by atoms with Crippen LogP contribution in [0.2, 0.25) is 4.34 Å². The second-order valence-corrected chi connectivity index (χ2v) is 11.4. The highest BCUT2D eigenvalue weighted by Crippen LogP contribution is 2.30. The van der Waals surface area contributed by atoms with Gasteiger partial charge >= 0.3 is 6.09 Å². The summed E-state index contributed by atoms with van der Waals surface area (Å²) in [6.07, 6.45) is 2.79. The quantitative estimate of drug-likeness (QED) is 0.420. The summed E-state index contributed by atoms with van der Waals surface area (Å²) in [5.74, 6) is 0.0655. The average Bonchev–Trinajstić information content (AvgIpc) is 3.43. The van der Waals surface area contributed by atoms with Gasteiger partial charge < -0.3 is 9.64 Å². The largest absolute Gasteiger partial charge is 0.444 e. The molecule has 0 aliphatic carbocycles. The van der Waals surface area contributed by atoms with Gasteiger partial charge in [-0.05, 0) is 76.8 Å². The van der Waals surface area contributed by atoms with Gasteiger partial charge in [0.1, 0.15) is 5.60 Å². The van der Waals surface area contributed by atoms with Crippen molar-refractivity contribution in [2.45, 2.75) is 58.0 Å². The minimum Gasteiger partial charge on any atom is -0.444 e. The lowest BCUT2D eigenvalue weighted by molar-refractivity contribution is 0.0204. The highest BCUT2D eigenvalue weighted by molar-refractivity contribution is 7.16. The van der Waals surface area contributed by atoms with Crippen LogP contribution >= 0.6 is 22.9 Å². The normalized spacial score (nSPS) is 14.9. The van der Waals surface area contributed by atoms with E-state index in [4.69, 9.17) is 21.4 Å². The fraction of sp³-hybridized carbons (Fsp3) is 0.423. The number of hydrogen-bond donors (Lipinski definition) is 0. The Balaban J connectivity index is 1.51. The van der Waals surface area contributed by atoms with Gasteiger partial charge in [-0.15, -0.1) is 11.3 Å². The summed E-state index contributed by atoms with van der Waals surface area (Å²) in [7, 11) is 0. The number of thiophene rings is 1. The molecule has 3 heterocycles. The zero-order chi connectivity index (χ0) is 24.3. The molecule has 4 rings (SSSR count). The monoisotopic (exact) mass is 499 g/mol. The van der Waals surface area contributed by atoms with Crippen LogP contribution in [0.5, 0.6) is 0 Å². The van der Waals surface area contributed by atoms with E-state index in [0.717, 1.165) is 35.0 Å². The molecule has 0 radical (unpaired) electrons. The number of piperidine rings is 1. The van der Waals surface area contributed by atoms with Gasteiger partial charge in [0.05, 0.1) is 10.0 Å². The smallest absolute Gasteiger partial charge is 0.410 e. The van der Waals surface area contributed by atoms with Crippen molar-refractivity contribution in [1.82, 2.24) is 14.7 Å². The van der Waals surface area contributed by atoms with E-state index in [0.29, 0.717) is 25.1 Å². The topological polar surface area (TPSA) is 64.4 Å². The van der Waals surface area contributed by atoms with Crippen LogP contribution in [-0.4, -0.2) is 45.4 Å². The number of aryl methyl sites for hydroxylation is 2. The molecule has 1 saturated heterocycles. The lowest BCUT2D eigenvalue weighted by Gasteiger charge is -2.32. The number of benzene rings is 1. The first-order valence-electron chi connectivity index (χ1n) is 11.6. The molecule has 0 bridgehead atoms. The average molecular weight is 500 g/mol. The van der Waals surface area contributed by atoms with Crippen molar-refractivity contribution in [2.75, 3.05) is 13.1 Å². The molecule has 34 heavy (non-hydrogen) atoms. The molecule has 8 heteroatoms. The summed E-state index contributed by atoms with van der Waals surface area (Å²) >= 11 is 7.65. The molecule has 1 aliphatic rings. The molecule has 0 N–H and O–H groups in total. The van der Waals surface area contributed by atoms with Crippen molar-refractivity contribution in [3.8, 4) is 0 Å². The maximum Gasteiger partial charge on any atom is 0.410 e. The number of carbonyl (C=O) groups excluding carboxylic acids is 2.